The van der Waals surface area contributed by atoms with Crippen LogP contribution in [-0.4, -0.2) is 33.7 Å². The predicted molar refractivity (Wildman–Crippen MR) is 88.5 cm³/mol. The van der Waals surface area contributed by atoms with Crippen molar-refractivity contribution in [1.82, 2.24) is 14.7 Å². The summed E-state index contributed by atoms with van der Waals surface area (Å²) in [7, 11) is 0. The summed E-state index contributed by atoms with van der Waals surface area (Å²) >= 11 is 0. The van der Waals surface area contributed by atoms with Gasteiger partial charge in [0.25, 0.3) is 5.91 Å². The van der Waals surface area contributed by atoms with Crippen molar-refractivity contribution in [2.75, 3.05) is 13.1 Å². The van der Waals surface area contributed by atoms with E-state index in [2.05, 4.69) is 22.8 Å². The fourth-order valence-electron chi connectivity index (χ4n) is 3.44. The smallest absolute Gasteiger partial charge is 0.257 e. The zero-order valence-electron chi connectivity index (χ0n) is 14.4. The number of piperidine rings is 1. The van der Waals surface area contributed by atoms with Crippen molar-refractivity contribution < 1.29 is 9.21 Å². The quantitative estimate of drug-likeness (QED) is 0.873. The molecule has 0 saturated carbocycles. The third-order valence-electron chi connectivity index (χ3n) is 4.71. The molecule has 5 nitrogen and oxygen atoms in total. The molecule has 0 N–H and O–H groups in total. The van der Waals surface area contributed by atoms with Crippen LogP contribution in [0.3, 0.4) is 0 Å². The largest absolute Gasteiger partial charge is 0.466 e. The summed E-state index contributed by atoms with van der Waals surface area (Å²) in [6, 6.07) is 3.96. The van der Waals surface area contributed by atoms with Gasteiger partial charge in [0.2, 0.25) is 0 Å². The van der Waals surface area contributed by atoms with Crippen molar-refractivity contribution in [3.63, 3.8) is 0 Å². The number of carbonyl (C=O) groups excluding carboxylic acids is 1. The molecule has 1 aliphatic rings. The Kier molecular flexibility index (Phi) is 4.28. The average molecular weight is 315 g/mol. The number of nitrogens with zero attached hydrogens (tertiary/aromatic N) is 3. The van der Waals surface area contributed by atoms with E-state index in [0.717, 1.165) is 49.7 Å². The zero-order valence-corrected chi connectivity index (χ0v) is 14.4. The highest BCUT2D eigenvalue weighted by molar-refractivity contribution is 5.95. The second-order valence-electron chi connectivity index (χ2n) is 6.67. The molecule has 1 aliphatic heterocycles. The lowest BCUT2D eigenvalue weighted by molar-refractivity contribution is 0.0679. The van der Waals surface area contributed by atoms with E-state index in [0.29, 0.717) is 11.5 Å². The number of furan rings is 1. The Hall–Kier alpha value is -2.04. The van der Waals surface area contributed by atoms with Crippen LogP contribution in [0.1, 0.15) is 46.1 Å². The summed E-state index contributed by atoms with van der Waals surface area (Å²) in [6.07, 6.45) is 2.06. The Labute approximate surface area is 137 Å². The van der Waals surface area contributed by atoms with Crippen LogP contribution in [0, 0.1) is 33.6 Å². The van der Waals surface area contributed by atoms with Crippen molar-refractivity contribution in [3.8, 4) is 0 Å². The lowest BCUT2D eigenvalue weighted by Crippen LogP contribution is -2.39. The minimum absolute atomic E-state index is 0.101. The lowest BCUT2D eigenvalue weighted by atomic mass is 9.96. The highest BCUT2D eigenvalue weighted by Gasteiger charge is 2.26. The zero-order chi connectivity index (χ0) is 16.6. The van der Waals surface area contributed by atoms with Crippen LogP contribution in [0.5, 0.6) is 0 Å². The van der Waals surface area contributed by atoms with E-state index in [4.69, 9.17) is 4.42 Å². The molecule has 2 aromatic heterocycles. The number of hydrogen-bond donors (Lipinski definition) is 0. The van der Waals surface area contributed by atoms with E-state index in [9.17, 15) is 4.79 Å². The van der Waals surface area contributed by atoms with E-state index in [1.54, 1.807) is 0 Å². The molecule has 1 amide bonds. The Morgan fingerprint density at radius 2 is 1.91 bits per heavy atom. The summed E-state index contributed by atoms with van der Waals surface area (Å²) in [6.45, 7) is 10.4. The van der Waals surface area contributed by atoms with Crippen molar-refractivity contribution in [3.05, 3.63) is 40.6 Å². The lowest BCUT2D eigenvalue weighted by Gasteiger charge is -2.32. The third kappa shape index (κ3) is 3.33. The number of aryl methyl sites for hydroxylation is 4. The highest BCUT2D eigenvalue weighted by Crippen LogP contribution is 2.23. The normalized spacial score (nSPS) is 16.1. The molecule has 0 bridgehead atoms. The SMILES string of the molecule is Cc1cc(C)n(CC2CCN(C(=O)c3cc(C)oc3C)CC2)n1. The van der Waals surface area contributed by atoms with E-state index in [1.807, 2.05) is 31.7 Å². The maximum absolute atomic E-state index is 12.6. The Morgan fingerprint density at radius 1 is 1.22 bits per heavy atom. The van der Waals surface area contributed by atoms with Gasteiger partial charge in [-0.2, -0.15) is 5.10 Å². The molecule has 3 rings (SSSR count). The standard InChI is InChI=1S/C18H25N3O2/c1-12-9-13(2)21(19-12)11-16-5-7-20(8-6-16)18(22)17-10-14(3)23-15(17)4/h9-10,16H,5-8,11H2,1-4H3. The monoisotopic (exact) mass is 315 g/mol. The van der Waals surface area contributed by atoms with Crippen molar-refractivity contribution in [1.29, 1.82) is 0 Å². The van der Waals surface area contributed by atoms with Crippen molar-refractivity contribution >= 4 is 5.91 Å². The van der Waals surface area contributed by atoms with E-state index < -0.39 is 0 Å². The van der Waals surface area contributed by atoms with Crippen LogP contribution < -0.4 is 0 Å². The molecule has 0 radical (unpaired) electrons. The van der Waals surface area contributed by atoms with Crippen LogP contribution >= 0.6 is 0 Å². The third-order valence-corrected chi connectivity index (χ3v) is 4.71. The molecule has 124 valence electrons. The van der Waals surface area contributed by atoms with E-state index in [-0.39, 0.29) is 5.91 Å². The van der Waals surface area contributed by atoms with E-state index in [1.165, 1.54) is 5.69 Å². The molecule has 23 heavy (non-hydrogen) atoms. The number of amides is 1. The molecular weight excluding hydrogens is 290 g/mol. The van der Waals surface area contributed by atoms with Gasteiger partial charge in [0.1, 0.15) is 11.5 Å². The minimum atomic E-state index is 0.101. The molecule has 1 saturated heterocycles. The first-order chi connectivity index (χ1) is 10.9. The second kappa shape index (κ2) is 6.22. The van der Waals surface area contributed by atoms with Crippen LogP contribution in [0.4, 0.5) is 0 Å². The van der Waals surface area contributed by atoms with Gasteiger partial charge in [0.15, 0.2) is 0 Å². The molecule has 5 heteroatoms. The van der Waals surface area contributed by atoms with Gasteiger partial charge in [-0.3, -0.25) is 9.48 Å². The van der Waals surface area contributed by atoms with E-state index >= 15 is 0 Å². The first-order valence-corrected chi connectivity index (χ1v) is 8.31. The topological polar surface area (TPSA) is 51.3 Å². The number of aromatic nitrogens is 2. The van der Waals surface area contributed by atoms with Crippen LogP contribution in [-0.2, 0) is 6.54 Å². The second-order valence-corrected chi connectivity index (χ2v) is 6.67. The van der Waals surface area contributed by atoms with Crippen LogP contribution in [0.25, 0.3) is 0 Å². The van der Waals surface area contributed by atoms with Crippen LogP contribution in [0.2, 0.25) is 0 Å². The molecular formula is C18H25N3O2. The first kappa shape index (κ1) is 15.8. The van der Waals surface area contributed by atoms with Gasteiger partial charge in [-0.15, -0.1) is 0 Å². The van der Waals surface area contributed by atoms with Crippen LogP contribution in [0.15, 0.2) is 16.5 Å². The van der Waals surface area contributed by atoms with Gasteiger partial charge >= 0.3 is 0 Å². The highest BCUT2D eigenvalue weighted by atomic mass is 16.3. The van der Waals surface area contributed by atoms with Gasteiger partial charge in [-0.05, 0) is 58.6 Å². The summed E-state index contributed by atoms with van der Waals surface area (Å²) in [4.78, 5) is 14.6. The van der Waals surface area contributed by atoms with Crippen molar-refractivity contribution in [2.24, 2.45) is 5.92 Å². The van der Waals surface area contributed by atoms with Gasteiger partial charge in [-0.1, -0.05) is 0 Å². The number of rotatable bonds is 3. The molecule has 3 heterocycles. The van der Waals surface area contributed by atoms with Gasteiger partial charge < -0.3 is 9.32 Å². The molecule has 0 atom stereocenters. The van der Waals surface area contributed by atoms with Gasteiger partial charge in [-0.25, -0.2) is 0 Å². The number of hydrogen-bond acceptors (Lipinski definition) is 3. The average Bonchev–Trinajstić information content (AvgIpc) is 3.00. The number of likely N-dealkylation sites (tertiary alicyclic amines) is 1. The summed E-state index contributed by atoms with van der Waals surface area (Å²) in [5.74, 6) is 2.20. The molecule has 2 aromatic rings. The molecule has 0 aromatic carbocycles. The first-order valence-electron chi connectivity index (χ1n) is 8.31. The summed E-state index contributed by atoms with van der Waals surface area (Å²) in [5, 5.41) is 4.54. The number of carbonyl (C=O) groups is 1. The Morgan fingerprint density at radius 3 is 2.43 bits per heavy atom. The minimum Gasteiger partial charge on any atom is -0.466 e. The Bertz CT molecular complexity index is 706. The molecule has 0 aliphatic carbocycles. The van der Waals surface area contributed by atoms with Gasteiger partial charge in [0.05, 0.1) is 11.3 Å². The summed E-state index contributed by atoms with van der Waals surface area (Å²) < 4.78 is 7.58. The molecule has 0 spiro atoms. The maximum Gasteiger partial charge on any atom is 0.257 e. The maximum atomic E-state index is 12.6. The summed E-state index contributed by atoms with van der Waals surface area (Å²) in [5.41, 5.74) is 2.99. The predicted octanol–water partition coefficient (Wildman–Crippen LogP) is 3.26. The fourth-order valence-corrected chi connectivity index (χ4v) is 3.44. The molecule has 1 fully saturated rings. The van der Waals surface area contributed by atoms with Crippen molar-refractivity contribution in [2.45, 2.75) is 47.1 Å². The molecule has 0 unspecified atom stereocenters. The van der Waals surface area contributed by atoms with Gasteiger partial charge in [0, 0.05) is 25.3 Å². The Balaban J connectivity index is 1.59. The fraction of sp³-hybridized carbons (Fsp3) is 0.556.